The van der Waals surface area contributed by atoms with E-state index in [0.717, 1.165) is 0 Å². The van der Waals surface area contributed by atoms with Gasteiger partial charge in [-0.3, -0.25) is 4.18 Å². The second-order valence-electron chi connectivity index (χ2n) is 5.65. The molecule has 0 spiro atoms. The van der Waals surface area contributed by atoms with Crippen LogP contribution in [-0.4, -0.2) is 5.44 Å². The van der Waals surface area contributed by atoms with Gasteiger partial charge in [-0.05, 0) is 12.8 Å². The van der Waals surface area contributed by atoms with Crippen LogP contribution in [0.25, 0.3) is 0 Å². The molecule has 0 radical (unpaired) electrons. The molecule has 0 aromatic carbocycles. The summed E-state index contributed by atoms with van der Waals surface area (Å²) in [5, 5.41) is 0. The van der Waals surface area contributed by atoms with Crippen molar-refractivity contribution in [2.75, 3.05) is 0 Å². The Hall–Kier alpha value is 0.310. The van der Waals surface area contributed by atoms with E-state index < -0.39 is 0 Å². The summed E-state index contributed by atoms with van der Waals surface area (Å²) in [4.78, 5) is 0. The van der Waals surface area contributed by atoms with Gasteiger partial charge in [-0.2, -0.15) is 0 Å². The Balaban J connectivity index is 1.60. The molecule has 0 saturated carbocycles. The Morgan fingerprint density at radius 1 is 0.667 bits per heavy atom. The second kappa shape index (κ2) is 12.3. The molecule has 18 heavy (non-hydrogen) atoms. The van der Waals surface area contributed by atoms with Crippen molar-refractivity contribution in [1.29, 1.82) is 0 Å². The molecule has 1 atom stereocenters. The van der Waals surface area contributed by atoms with Crippen molar-refractivity contribution in [2.24, 2.45) is 0 Å². The Morgan fingerprint density at radius 3 is 1.44 bits per heavy atom. The number of hydrogen-bond donors (Lipinski definition) is 0. The van der Waals surface area contributed by atoms with Crippen LogP contribution in [0.3, 0.4) is 0 Å². The molecule has 0 bridgehead atoms. The predicted octanol–water partition coefficient (Wildman–Crippen LogP) is 6.47. The Kier molecular flexibility index (Phi) is 11.2. The molecule has 1 heterocycles. The van der Waals surface area contributed by atoms with Crippen LogP contribution in [0.4, 0.5) is 0 Å². The summed E-state index contributed by atoms with van der Waals surface area (Å²) in [7, 11) is 0. The van der Waals surface area contributed by atoms with E-state index in [2.05, 4.69) is 6.92 Å². The molecule has 0 aromatic heterocycles. The summed E-state index contributed by atoms with van der Waals surface area (Å²) in [6.07, 6.45) is 20.0. The van der Waals surface area contributed by atoms with E-state index >= 15 is 0 Å². The molecule has 0 unspecified atom stereocenters. The van der Waals surface area contributed by atoms with Gasteiger partial charge < -0.3 is 0 Å². The summed E-state index contributed by atoms with van der Waals surface area (Å²) in [6.45, 7) is 2.29. The number of unbranched alkanes of at least 4 members (excludes halogenated alkanes) is 12. The normalized spacial score (nSPS) is 18.2. The van der Waals surface area contributed by atoms with Crippen molar-refractivity contribution < 1.29 is 4.18 Å². The van der Waals surface area contributed by atoms with E-state index in [1.165, 1.54) is 89.9 Å². The topological polar surface area (TPSA) is 12.5 Å². The molecular weight excluding hydrogens is 240 g/mol. The predicted molar refractivity (Wildman–Crippen MR) is 82.8 cm³/mol. The summed E-state index contributed by atoms with van der Waals surface area (Å²) in [5.41, 5.74) is 0.567. The molecule has 1 aliphatic heterocycles. The van der Waals surface area contributed by atoms with Gasteiger partial charge >= 0.3 is 0 Å². The van der Waals surface area contributed by atoms with E-state index in [9.17, 15) is 0 Å². The first-order chi connectivity index (χ1) is 8.93. The zero-order valence-corrected chi connectivity index (χ0v) is 13.1. The van der Waals surface area contributed by atoms with Gasteiger partial charge in [-0.25, -0.2) is 0 Å². The highest BCUT2D eigenvalue weighted by molar-refractivity contribution is 8.00. The lowest BCUT2D eigenvalue weighted by molar-refractivity contribution is 0.423. The van der Waals surface area contributed by atoms with Crippen LogP contribution in [0.5, 0.6) is 0 Å². The lowest BCUT2D eigenvalue weighted by atomic mass is 10.0. The Bertz CT molecular complexity index is 168. The first-order valence-corrected chi connectivity index (χ1v) is 9.06. The average molecular weight is 272 g/mol. The summed E-state index contributed by atoms with van der Waals surface area (Å²) >= 11 is 1.65. The van der Waals surface area contributed by atoms with E-state index in [4.69, 9.17) is 4.18 Å². The highest BCUT2D eigenvalue weighted by atomic mass is 32.2. The van der Waals surface area contributed by atoms with Gasteiger partial charge in [0.15, 0.2) is 0 Å². The Morgan fingerprint density at radius 2 is 1.06 bits per heavy atom. The molecule has 0 aromatic rings. The quantitative estimate of drug-likeness (QED) is 0.204. The molecule has 0 N–H and O–H groups in total. The number of hydrogen-bond acceptors (Lipinski definition) is 2. The molecular formula is C16H32OS. The summed E-state index contributed by atoms with van der Waals surface area (Å²) in [6, 6.07) is 0. The maximum atomic E-state index is 5.13. The van der Waals surface area contributed by atoms with Gasteiger partial charge in [0, 0.05) is 12.0 Å². The van der Waals surface area contributed by atoms with Crippen molar-refractivity contribution in [3.8, 4) is 0 Å². The fourth-order valence-electron chi connectivity index (χ4n) is 2.46. The van der Waals surface area contributed by atoms with E-state index in [-0.39, 0.29) is 0 Å². The third-order valence-corrected chi connectivity index (χ3v) is 4.48. The van der Waals surface area contributed by atoms with Gasteiger partial charge in [0.25, 0.3) is 0 Å². The monoisotopic (exact) mass is 272 g/mol. The minimum Gasteiger partial charge on any atom is -0.296 e. The molecule has 0 aliphatic carbocycles. The van der Waals surface area contributed by atoms with Crippen LogP contribution in [0, 0.1) is 0 Å². The largest absolute Gasteiger partial charge is 0.296 e. The van der Waals surface area contributed by atoms with Crippen molar-refractivity contribution in [3.63, 3.8) is 0 Å². The molecule has 0 amide bonds. The smallest absolute Gasteiger partial charge is 0.143 e. The van der Waals surface area contributed by atoms with Crippen molar-refractivity contribution in [3.05, 3.63) is 0 Å². The van der Waals surface area contributed by atoms with Crippen LogP contribution in [0.1, 0.15) is 96.8 Å². The molecule has 108 valence electrons. The average Bonchev–Trinajstić information content (AvgIpc) is 3.19. The molecule has 1 nitrogen and oxygen atoms in total. The van der Waals surface area contributed by atoms with Gasteiger partial charge in [-0.15, -0.1) is 0 Å². The molecule has 1 fully saturated rings. The highest BCUT2D eigenvalue weighted by Gasteiger charge is 2.23. The zero-order chi connectivity index (χ0) is 12.9. The van der Waals surface area contributed by atoms with Gasteiger partial charge in [0.2, 0.25) is 0 Å². The molecule has 1 rings (SSSR count). The minimum atomic E-state index is 0.567. The van der Waals surface area contributed by atoms with E-state index in [1.54, 1.807) is 12.0 Å². The van der Waals surface area contributed by atoms with Crippen LogP contribution >= 0.6 is 12.0 Å². The first kappa shape index (κ1) is 16.4. The minimum absolute atomic E-state index is 0.567. The van der Waals surface area contributed by atoms with Crippen LogP contribution in [-0.2, 0) is 4.18 Å². The zero-order valence-electron chi connectivity index (χ0n) is 12.3. The van der Waals surface area contributed by atoms with Gasteiger partial charge in [0.1, 0.15) is 5.44 Å². The van der Waals surface area contributed by atoms with Crippen LogP contribution in [0.2, 0.25) is 0 Å². The maximum absolute atomic E-state index is 5.13. The summed E-state index contributed by atoms with van der Waals surface area (Å²) < 4.78 is 5.13. The van der Waals surface area contributed by atoms with Crippen molar-refractivity contribution >= 4 is 12.0 Å². The Labute approximate surface area is 119 Å². The highest BCUT2D eigenvalue weighted by Crippen LogP contribution is 2.37. The SMILES string of the molecule is CCCCCCCCCCCCCCC[C@H]1OS1. The standard InChI is InChI=1S/C16H32OS/c1-2-3-4-5-6-7-8-9-10-11-12-13-14-15-16-17-18-16/h16H,2-15H2,1H3/t16-/m0/s1. The molecule has 1 saturated heterocycles. The molecule has 2 heteroatoms. The molecule has 1 aliphatic rings. The lowest BCUT2D eigenvalue weighted by Crippen LogP contribution is -1.85. The third-order valence-electron chi connectivity index (χ3n) is 3.78. The van der Waals surface area contributed by atoms with Crippen molar-refractivity contribution in [2.45, 2.75) is 102 Å². The number of rotatable bonds is 14. The maximum Gasteiger partial charge on any atom is 0.143 e. The third kappa shape index (κ3) is 11.4. The second-order valence-corrected chi connectivity index (χ2v) is 6.56. The van der Waals surface area contributed by atoms with E-state index in [0.29, 0.717) is 5.44 Å². The van der Waals surface area contributed by atoms with Crippen LogP contribution in [0.15, 0.2) is 0 Å². The van der Waals surface area contributed by atoms with Gasteiger partial charge in [0.05, 0.1) is 0 Å². The fourth-order valence-corrected chi connectivity index (χ4v) is 2.90. The fraction of sp³-hybridized carbons (Fsp3) is 1.00. The first-order valence-electron chi connectivity index (χ1n) is 8.25. The van der Waals surface area contributed by atoms with Crippen molar-refractivity contribution in [1.82, 2.24) is 0 Å². The van der Waals surface area contributed by atoms with Gasteiger partial charge in [-0.1, -0.05) is 84.0 Å². The summed E-state index contributed by atoms with van der Waals surface area (Å²) in [5.74, 6) is 0. The lowest BCUT2D eigenvalue weighted by Gasteiger charge is -2.02. The van der Waals surface area contributed by atoms with Crippen LogP contribution < -0.4 is 0 Å². The van der Waals surface area contributed by atoms with E-state index in [1.807, 2.05) is 0 Å².